The minimum absolute atomic E-state index is 0.0642. The van der Waals surface area contributed by atoms with Gasteiger partial charge in [0.05, 0.1) is 9.83 Å². The van der Waals surface area contributed by atoms with Gasteiger partial charge in [0, 0.05) is 19.2 Å². The van der Waals surface area contributed by atoms with E-state index < -0.39 is 4.92 Å². The van der Waals surface area contributed by atoms with Crippen molar-refractivity contribution in [2.45, 2.75) is 0 Å². The Morgan fingerprint density at radius 2 is 1.91 bits per heavy atom. The van der Waals surface area contributed by atoms with Crippen LogP contribution in [0.15, 0.2) is 53.5 Å². The normalized spacial score (nSPS) is 17.3. The summed E-state index contributed by atoms with van der Waals surface area (Å²) in [6.07, 6.45) is 8.86. The third-order valence-electron chi connectivity index (χ3n) is 2.85. The first-order chi connectivity index (χ1) is 10.5. The molecule has 1 aromatic carbocycles. The number of nitrogens with zero attached hydrogens (tertiary/aromatic N) is 2. The predicted octanol–water partition coefficient (Wildman–Crippen LogP) is 3.54. The lowest BCUT2D eigenvalue weighted by Crippen LogP contribution is -2.22. The molecule has 0 aliphatic carbocycles. The van der Waals surface area contributed by atoms with Gasteiger partial charge in [0.15, 0.2) is 0 Å². The molecule has 1 aromatic rings. The van der Waals surface area contributed by atoms with E-state index in [0.717, 1.165) is 5.56 Å². The summed E-state index contributed by atoms with van der Waals surface area (Å²) in [7, 11) is 1.65. The maximum Gasteiger partial charge on any atom is 0.269 e. The van der Waals surface area contributed by atoms with Gasteiger partial charge in [0.2, 0.25) is 0 Å². The van der Waals surface area contributed by atoms with Crippen LogP contribution in [0, 0.1) is 10.1 Å². The highest BCUT2D eigenvalue weighted by Crippen LogP contribution is 2.29. The molecule has 1 saturated heterocycles. The number of carbonyl (C=O) groups is 1. The Kier molecular flexibility index (Phi) is 5.24. The van der Waals surface area contributed by atoms with Crippen molar-refractivity contribution in [2.24, 2.45) is 0 Å². The smallest absolute Gasteiger partial charge is 0.269 e. The van der Waals surface area contributed by atoms with E-state index in [2.05, 4.69) is 0 Å². The monoisotopic (exact) mass is 332 g/mol. The largest absolute Gasteiger partial charge is 0.296 e. The summed E-state index contributed by atoms with van der Waals surface area (Å²) in [5, 5.41) is 10.5. The van der Waals surface area contributed by atoms with Gasteiger partial charge >= 0.3 is 0 Å². The lowest BCUT2D eigenvalue weighted by molar-refractivity contribution is -0.384. The van der Waals surface area contributed by atoms with E-state index in [1.807, 2.05) is 6.08 Å². The molecule has 1 fully saturated rings. The summed E-state index contributed by atoms with van der Waals surface area (Å²) in [5.41, 5.74) is 0.921. The maximum atomic E-state index is 11.7. The Labute approximate surface area is 137 Å². The van der Waals surface area contributed by atoms with Crippen molar-refractivity contribution in [2.75, 3.05) is 7.05 Å². The highest BCUT2D eigenvalue weighted by Gasteiger charge is 2.27. The molecule has 0 saturated carbocycles. The molecule has 0 atom stereocenters. The first kappa shape index (κ1) is 16.1. The van der Waals surface area contributed by atoms with Crippen molar-refractivity contribution in [3.05, 3.63) is 69.2 Å². The average Bonchev–Trinajstić information content (AvgIpc) is 2.75. The Hall–Kier alpha value is -2.25. The summed E-state index contributed by atoms with van der Waals surface area (Å²) >= 11 is 6.30. The second kappa shape index (κ2) is 7.15. The molecule has 0 unspecified atom stereocenters. The summed E-state index contributed by atoms with van der Waals surface area (Å²) in [6.45, 7) is 0. The molecule has 1 aliphatic rings. The van der Waals surface area contributed by atoms with Crippen LogP contribution < -0.4 is 0 Å². The van der Waals surface area contributed by atoms with Crippen molar-refractivity contribution in [3.8, 4) is 0 Å². The summed E-state index contributed by atoms with van der Waals surface area (Å²) in [4.78, 5) is 23.9. The van der Waals surface area contributed by atoms with Gasteiger partial charge in [-0.2, -0.15) is 0 Å². The van der Waals surface area contributed by atoms with Gasteiger partial charge in [0.1, 0.15) is 4.32 Å². The van der Waals surface area contributed by atoms with Crippen LogP contribution in [0.25, 0.3) is 6.08 Å². The third-order valence-corrected chi connectivity index (χ3v) is 4.35. The number of benzene rings is 1. The Balaban J connectivity index is 1.96. The van der Waals surface area contributed by atoms with E-state index in [-0.39, 0.29) is 11.6 Å². The van der Waals surface area contributed by atoms with Crippen LogP contribution >= 0.6 is 24.0 Å². The molecule has 1 heterocycles. The zero-order valence-corrected chi connectivity index (χ0v) is 13.3. The number of rotatable bonds is 4. The van der Waals surface area contributed by atoms with Crippen LogP contribution in [0.2, 0.25) is 0 Å². The fourth-order valence-corrected chi connectivity index (χ4v) is 2.77. The second-order valence-electron chi connectivity index (χ2n) is 4.36. The van der Waals surface area contributed by atoms with Gasteiger partial charge in [-0.15, -0.1) is 0 Å². The van der Waals surface area contributed by atoms with Crippen molar-refractivity contribution in [1.29, 1.82) is 0 Å². The zero-order valence-electron chi connectivity index (χ0n) is 11.6. The number of likely N-dealkylation sites (N-methyl/N-ethyl adjacent to an activating group) is 1. The first-order valence-electron chi connectivity index (χ1n) is 6.28. The number of carbonyl (C=O) groups excluding carboxylic acids is 1. The van der Waals surface area contributed by atoms with E-state index >= 15 is 0 Å². The molecule has 0 bridgehead atoms. The fourth-order valence-electron chi connectivity index (χ4n) is 1.64. The van der Waals surface area contributed by atoms with E-state index in [1.54, 1.807) is 43.5 Å². The highest BCUT2D eigenvalue weighted by molar-refractivity contribution is 8.26. The number of thioether (sulfide) groups is 1. The molecule has 7 heteroatoms. The zero-order chi connectivity index (χ0) is 16.1. The minimum Gasteiger partial charge on any atom is -0.296 e. The maximum absolute atomic E-state index is 11.7. The van der Waals surface area contributed by atoms with E-state index in [1.165, 1.54) is 28.8 Å². The summed E-state index contributed by atoms with van der Waals surface area (Å²) in [5.74, 6) is -0.0981. The molecule has 2 rings (SSSR count). The molecule has 5 nitrogen and oxygen atoms in total. The Morgan fingerprint density at radius 1 is 1.23 bits per heavy atom. The lowest BCUT2D eigenvalue weighted by Gasteiger charge is -2.03. The predicted molar refractivity (Wildman–Crippen MR) is 92.3 cm³/mol. The van der Waals surface area contributed by atoms with Crippen LogP contribution in [0.4, 0.5) is 5.69 Å². The average molecular weight is 332 g/mol. The fraction of sp³-hybridized carbons (Fsp3) is 0.0667. The van der Waals surface area contributed by atoms with Crippen LogP contribution in [-0.2, 0) is 4.79 Å². The van der Waals surface area contributed by atoms with E-state index in [9.17, 15) is 14.9 Å². The van der Waals surface area contributed by atoms with Crippen LogP contribution in [-0.4, -0.2) is 27.1 Å². The molecule has 112 valence electrons. The van der Waals surface area contributed by atoms with Crippen LogP contribution in [0.3, 0.4) is 0 Å². The van der Waals surface area contributed by atoms with Crippen molar-refractivity contribution >= 4 is 46.0 Å². The van der Waals surface area contributed by atoms with Gasteiger partial charge in [-0.05, 0) is 23.8 Å². The topological polar surface area (TPSA) is 63.5 Å². The highest BCUT2D eigenvalue weighted by atomic mass is 32.2. The van der Waals surface area contributed by atoms with Crippen LogP contribution in [0.1, 0.15) is 5.56 Å². The molecule has 0 spiro atoms. The van der Waals surface area contributed by atoms with Crippen molar-refractivity contribution < 1.29 is 9.72 Å². The molecule has 0 N–H and O–H groups in total. The van der Waals surface area contributed by atoms with Gasteiger partial charge in [-0.3, -0.25) is 19.8 Å². The lowest BCUT2D eigenvalue weighted by atomic mass is 10.2. The van der Waals surface area contributed by atoms with Crippen molar-refractivity contribution in [3.63, 3.8) is 0 Å². The SMILES string of the molecule is CN1C(=O)\C(=C/C=C/C=C/c2ccc([N+](=O)[O-])cc2)SC1=S. The minimum atomic E-state index is -0.433. The van der Waals surface area contributed by atoms with Gasteiger partial charge in [-0.1, -0.05) is 48.3 Å². The number of hydrogen-bond acceptors (Lipinski definition) is 5. The third kappa shape index (κ3) is 3.90. The number of non-ortho nitro benzene ring substituents is 1. The summed E-state index contributed by atoms with van der Waals surface area (Å²) in [6, 6.07) is 6.25. The van der Waals surface area contributed by atoms with Crippen LogP contribution in [0.5, 0.6) is 0 Å². The number of amides is 1. The Bertz CT molecular complexity index is 706. The quantitative estimate of drug-likeness (QED) is 0.277. The molecular weight excluding hydrogens is 320 g/mol. The number of hydrogen-bond donors (Lipinski definition) is 0. The van der Waals surface area contributed by atoms with Gasteiger partial charge in [-0.25, -0.2) is 0 Å². The van der Waals surface area contributed by atoms with Gasteiger partial charge in [0.25, 0.3) is 11.6 Å². The molecule has 22 heavy (non-hydrogen) atoms. The number of nitro benzene ring substituents is 1. The number of nitro groups is 1. The molecule has 0 radical (unpaired) electrons. The molecule has 1 amide bonds. The first-order valence-corrected chi connectivity index (χ1v) is 7.51. The number of thiocarbonyl (C=S) groups is 1. The number of allylic oxidation sites excluding steroid dienone is 4. The van der Waals surface area contributed by atoms with E-state index in [4.69, 9.17) is 12.2 Å². The standard InChI is InChI=1S/C15H12N2O3S2/c1-16-14(18)13(22-15(16)21)6-4-2-3-5-11-7-9-12(10-8-11)17(19)20/h2-10H,1H3/b4-2+,5-3+,13-6+. The molecule has 0 aromatic heterocycles. The van der Waals surface area contributed by atoms with Gasteiger partial charge < -0.3 is 0 Å². The Morgan fingerprint density at radius 3 is 2.45 bits per heavy atom. The summed E-state index contributed by atoms with van der Waals surface area (Å²) < 4.78 is 0.547. The van der Waals surface area contributed by atoms with Crippen molar-refractivity contribution in [1.82, 2.24) is 4.90 Å². The van der Waals surface area contributed by atoms with E-state index in [0.29, 0.717) is 9.23 Å². The second-order valence-corrected chi connectivity index (χ2v) is 6.03. The molecule has 1 aliphatic heterocycles. The molecular formula is C15H12N2O3S2.